The zero-order valence-corrected chi connectivity index (χ0v) is 12.6. The molecule has 0 fully saturated rings. The smallest absolute Gasteiger partial charge is 0.259 e. The van der Waals surface area contributed by atoms with Gasteiger partial charge >= 0.3 is 0 Å². The summed E-state index contributed by atoms with van der Waals surface area (Å²) in [5.41, 5.74) is 6.18. The number of rotatable bonds is 2. The van der Waals surface area contributed by atoms with Crippen LogP contribution in [0.25, 0.3) is 0 Å². The van der Waals surface area contributed by atoms with Crippen molar-refractivity contribution in [3.8, 4) is 0 Å². The van der Waals surface area contributed by atoms with E-state index in [1.54, 1.807) is 12.1 Å². The Morgan fingerprint density at radius 1 is 1.32 bits per heavy atom. The number of carbonyl (C=O) groups is 1. The number of nitrogen functional groups attached to an aromatic ring is 1. The number of benzene rings is 1. The molecule has 0 unspecified atom stereocenters. The van der Waals surface area contributed by atoms with Gasteiger partial charge in [-0.05, 0) is 56.1 Å². The Morgan fingerprint density at radius 2 is 2.05 bits per heavy atom. The number of nitrogens with two attached hydrogens (primary N) is 1. The first-order chi connectivity index (χ1) is 8.97. The number of carbonyl (C=O) groups excluding carboxylic acids is 1. The molecule has 0 atom stereocenters. The van der Waals surface area contributed by atoms with E-state index in [9.17, 15) is 9.18 Å². The van der Waals surface area contributed by atoms with Gasteiger partial charge in [0.25, 0.3) is 5.91 Å². The van der Waals surface area contributed by atoms with Crippen LogP contribution in [0.15, 0.2) is 39.4 Å². The number of anilines is 2. The van der Waals surface area contributed by atoms with Gasteiger partial charge in [0.1, 0.15) is 11.6 Å². The zero-order valence-electron chi connectivity index (χ0n) is 9.45. The van der Waals surface area contributed by atoms with Crippen LogP contribution in [0.2, 0.25) is 0 Å². The molecule has 19 heavy (non-hydrogen) atoms. The number of amides is 1. The lowest BCUT2D eigenvalue weighted by molar-refractivity contribution is 0.102. The van der Waals surface area contributed by atoms with Gasteiger partial charge in [-0.2, -0.15) is 0 Å². The predicted molar refractivity (Wildman–Crippen MR) is 78.4 cm³/mol. The van der Waals surface area contributed by atoms with E-state index >= 15 is 0 Å². The van der Waals surface area contributed by atoms with Crippen molar-refractivity contribution in [2.24, 2.45) is 0 Å². The minimum Gasteiger partial charge on any atom is -0.383 e. The highest BCUT2D eigenvalue weighted by molar-refractivity contribution is 9.10. The highest BCUT2D eigenvalue weighted by Gasteiger charge is 2.12. The van der Waals surface area contributed by atoms with E-state index in [4.69, 9.17) is 5.73 Å². The third kappa shape index (κ3) is 3.30. The van der Waals surface area contributed by atoms with Gasteiger partial charge in [-0.3, -0.25) is 4.79 Å². The van der Waals surface area contributed by atoms with E-state index in [2.05, 4.69) is 42.2 Å². The molecule has 4 nitrogen and oxygen atoms in total. The standard InChI is InChI=1S/C12H8Br2FN3O/c13-6-3-8(11(16)17-5-6)12(19)18-7-1-2-9(14)10(15)4-7/h1-5H,(H2,16,17)(H,18,19). The number of nitrogens with zero attached hydrogens (tertiary/aromatic N) is 1. The van der Waals surface area contributed by atoms with Crippen molar-refractivity contribution in [3.63, 3.8) is 0 Å². The first kappa shape index (κ1) is 14.0. The molecule has 0 aliphatic carbocycles. The maximum absolute atomic E-state index is 13.3. The fourth-order valence-corrected chi connectivity index (χ4v) is 1.98. The van der Waals surface area contributed by atoms with Crippen LogP contribution in [0.3, 0.4) is 0 Å². The van der Waals surface area contributed by atoms with Gasteiger partial charge in [-0.1, -0.05) is 0 Å². The van der Waals surface area contributed by atoms with Crippen LogP contribution in [-0.4, -0.2) is 10.9 Å². The molecule has 1 aromatic heterocycles. The summed E-state index contributed by atoms with van der Waals surface area (Å²) in [6.45, 7) is 0. The van der Waals surface area contributed by atoms with Gasteiger partial charge in [-0.15, -0.1) is 0 Å². The summed E-state index contributed by atoms with van der Waals surface area (Å²) in [7, 11) is 0. The lowest BCUT2D eigenvalue weighted by atomic mass is 10.2. The molecule has 3 N–H and O–H groups in total. The predicted octanol–water partition coefficient (Wildman–Crippen LogP) is 3.58. The average molecular weight is 389 g/mol. The number of hydrogen-bond acceptors (Lipinski definition) is 3. The largest absolute Gasteiger partial charge is 0.383 e. The van der Waals surface area contributed by atoms with Crippen LogP contribution in [0, 0.1) is 5.82 Å². The SMILES string of the molecule is Nc1ncc(Br)cc1C(=O)Nc1ccc(Br)c(F)c1. The maximum atomic E-state index is 13.3. The van der Waals surface area contributed by atoms with E-state index in [1.165, 1.54) is 18.3 Å². The molecular weight excluding hydrogens is 381 g/mol. The number of halogens is 3. The Hall–Kier alpha value is -1.47. The van der Waals surface area contributed by atoms with Gasteiger partial charge in [0, 0.05) is 16.4 Å². The van der Waals surface area contributed by atoms with Crippen molar-refractivity contribution in [2.45, 2.75) is 0 Å². The van der Waals surface area contributed by atoms with Crippen LogP contribution >= 0.6 is 31.9 Å². The normalized spacial score (nSPS) is 10.3. The second kappa shape index (κ2) is 5.66. The van der Waals surface area contributed by atoms with Crippen molar-refractivity contribution in [2.75, 3.05) is 11.1 Å². The summed E-state index contributed by atoms with van der Waals surface area (Å²) >= 11 is 6.24. The lowest BCUT2D eigenvalue weighted by Crippen LogP contribution is -2.15. The van der Waals surface area contributed by atoms with Crippen molar-refractivity contribution in [1.82, 2.24) is 4.98 Å². The lowest BCUT2D eigenvalue weighted by Gasteiger charge is -2.08. The number of pyridine rings is 1. The number of nitrogens with one attached hydrogen (secondary N) is 1. The van der Waals surface area contributed by atoms with Gasteiger partial charge in [0.2, 0.25) is 0 Å². The summed E-state index contributed by atoms with van der Waals surface area (Å²) in [6.07, 6.45) is 1.49. The molecule has 1 aromatic carbocycles. The summed E-state index contributed by atoms with van der Waals surface area (Å²) in [6, 6.07) is 5.84. The van der Waals surface area contributed by atoms with E-state index in [-0.39, 0.29) is 11.4 Å². The Morgan fingerprint density at radius 3 is 2.74 bits per heavy atom. The van der Waals surface area contributed by atoms with Gasteiger partial charge < -0.3 is 11.1 Å². The number of aromatic nitrogens is 1. The molecule has 0 radical (unpaired) electrons. The molecule has 7 heteroatoms. The summed E-state index contributed by atoms with van der Waals surface area (Å²) in [4.78, 5) is 15.9. The third-order valence-corrected chi connectivity index (χ3v) is 3.38. The summed E-state index contributed by atoms with van der Waals surface area (Å²) in [5.74, 6) is -0.801. The molecule has 0 spiro atoms. The Kier molecular flexibility index (Phi) is 4.16. The second-order valence-electron chi connectivity index (χ2n) is 3.67. The Labute approximate surface area is 125 Å². The van der Waals surface area contributed by atoms with E-state index < -0.39 is 11.7 Å². The van der Waals surface area contributed by atoms with Crippen molar-refractivity contribution >= 4 is 49.3 Å². The highest BCUT2D eigenvalue weighted by Crippen LogP contribution is 2.21. The van der Waals surface area contributed by atoms with Crippen molar-refractivity contribution in [1.29, 1.82) is 0 Å². The fraction of sp³-hybridized carbons (Fsp3) is 0. The molecular formula is C12H8Br2FN3O. The molecule has 1 heterocycles. The van der Waals surface area contributed by atoms with Gasteiger partial charge in [-0.25, -0.2) is 9.37 Å². The Balaban J connectivity index is 2.25. The van der Waals surface area contributed by atoms with Crippen LogP contribution in [0.4, 0.5) is 15.9 Å². The van der Waals surface area contributed by atoms with Gasteiger partial charge in [0.15, 0.2) is 0 Å². The quantitative estimate of drug-likeness (QED) is 0.826. The zero-order chi connectivity index (χ0) is 14.0. The van der Waals surface area contributed by atoms with Crippen LogP contribution in [0.5, 0.6) is 0 Å². The monoisotopic (exact) mass is 387 g/mol. The summed E-state index contributed by atoms with van der Waals surface area (Å²) < 4.78 is 14.3. The van der Waals surface area contributed by atoms with Crippen molar-refractivity contribution in [3.05, 3.63) is 50.8 Å². The van der Waals surface area contributed by atoms with E-state index in [1.807, 2.05) is 0 Å². The first-order valence-corrected chi connectivity index (χ1v) is 6.73. The topological polar surface area (TPSA) is 68.0 Å². The molecule has 0 aliphatic heterocycles. The van der Waals surface area contributed by atoms with Crippen LogP contribution < -0.4 is 11.1 Å². The minimum absolute atomic E-state index is 0.110. The molecule has 2 aromatic rings. The van der Waals surface area contributed by atoms with Crippen LogP contribution in [-0.2, 0) is 0 Å². The molecule has 0 saturated heterocycles. The fourth-order valence-electron chi connectivity index (χ4n) is 1.40. The Bertz CT molecular complexity index is 649. The molecule has 1 amide bonds. The second-order valence-corrected chi connectivity index (χ2v) is 5.44. The highest BCUT2D eigenvalue weighted by atomic mass is 79.9. The average Bonchev–Trinajstić information content (AvgIpc) is 2.36. The minimum atomic E-state index is -0.460. The molecule has 0 bridgehead atoms. The maximum Gasteiger partial charge on any atom is 0.259 e. The first-order valence-electron chi connectivity index (χ1n) is 5.15. The molecule has 98 valence electrons. The molecule has 0 saturated carbocycles. The van der Waals surface area contributed by atoms with Crippen molar-refractivity contribution < 1.29 is 9.18 Å². The molecule has 0 aliphatic rings. The summed E-state index contributed by atoms with van der Waals surface area (Å²) in [5, 5.41) is 2.55. The molecule has 2 rings (SSSR count). The third-order valence-electron chi connectivity index (χ3n) is 2.31. The van der Waals surface area contributed by atoms with E-state index in [0.717, 1.165) is 0 Å². The van der Waals surface area contributed by atoms with Crippen LogP contribution in [0.1, 0.15) is 10.4 Å². The number of hydrogen-bond donors (Lipinski definition) is 2. The van der Waals surface area contributed by atoms with Gasteiger partial charge in [0.05, 0.1) is 10.0 Å². The van der Waals surface area contributed by atoms with E-state index in [0.29, 0.717) is 14.6 Å².